The summed E-state index contributed by atoms with van der Waals surface area (Å²) in [7, 11) is 3.35. The molecule has 0 bridgehead atoms. The van der Waals surface area contributed by atoms with Crippen molar-refractivity contribution < 1.29 is 9.75 Å². The summed E-state index contributed by atoms with van der Waals surface area (Å²) >= 11 is 0. The average Bonchev–Trinajstić information content (AvgIpc) is 1.67. The van der Waals surface area contributed by atoms with Gasteiger partial charge in [-0.1, -0.05) is 0 Å². The Balaban J connectivity index is 3.71. The number of hydrogen-bond donors (Lipinski definition) is 1. The quantitative estimate of drug-likeness (QED) is 0.397. The Morgan fingerprint density at radius 2 is 1.88 bits per heavy atom. The van der Waals surface area contributed by atoms with Crippen LogP contribution in [-0.2, 0) is 4.74 Å². The lowest BCUT2D eigenvalue weighted by molar-refractivity contribution is -0.910. The summed E-state index contributed by atoms with van der Waals surface area (Å²) in [6, 6.07) is 0. The van der Waals surface area contributed by atoms with Gasteiger partial charge in [-0.25, -0.2) is 0 Å². The standard InChI is InChI=1S/C5H14N2O/c1-5(2,8-4)7(3)6/h6-7H,1-4H3. The van der Waals surface area contributed by atoms with E-state index in [2.05, 4.69) is 0 Å². The topological polar surface area (TPSA) is 37.5 Å². The fourth-order valence-electron chi connectivity index (χ4n) is 0.153. The van der Waals surface area contributed by atoms with Crippen molar-refractivity contribution in [2.75, 3.05) is 14.2 Å². The van der Waals surface area contributed by atoms with Crippen molar-refractivity contribution in [2.45, 2.75) is 19.6 Å². The Labute approximate surface area is 50.4 Å². The molecule has 3 heteroatoms. The van der Waals surface area contributed by atoms with Crippen LogP contribution in [-0.4, -0.2) is 19.9 Å². The maximum atomic E-state index is 7.17. The van der Waals surface area contributed by atoms with Crippen LogP contribution in [0, 0.1) is 0 Å². The van der Waals surface area contributed by atoms with Gasteiger partial charge in [-0.05, 0) is 0 Å². The third-order valence-electron chi connectivity index (χ3n) is 1.41. The molecule has 0 saturated heterocycles. The van der Waals surface area contributed by atoms with Gasteiger partial charge >= 0.3 is 0 Å². The molecule has 0 saturated carbocycles. The van der Waals surface area contributed by atoms with Crippen LogP contribution in [0.3, 0.4) is 0 Å². The smallest absolute Gasteiger partial charge is 0.186 e. The van der Waals surface area contributed by atoms with Crippen LogP contribution in [0.4, 0.5) is 0 Å². The highest BCUT2D eigenvalue weighted by Gasteiger charge is 2.19. The van der Waals surface area contributed by atoms with E-state index < -0.39 is 0 Å². The molecular formula is C5H14N2O. The van der Waals surface area contributed by atoms with E-state index >= 15 is 0 Å². The van der Waals surface area contributed by atoms with Crippen molar-refractivity contribution in [3.05, 3.63) is 5.84 Å². The molecule has 1 unspecified atom stereocenters. The van der Waals surface area contributed by atoms with Gasteiger partial charge in [-0.3, -0.25) is 0 Å². The molecule has 0 aromatic rings. The first kappa shape index (κ1) is 7.88. The van der Waals surface area contributed by atoms with Crippen molar-refractivity contribution in [1.29, 1.82) is 0 Å². The average molecular weight is 118 g/mol. The largest absolute Gasteiger partial charge is 0.467 e. The van der Waals surface area contributed by atoms with Crippen molar-refractivity contribution in [2.24, 2.45) is 0 Å². The maximum absolute atomic E-state index is 7.17. The molecule has 0 aliphatic heterocycles. The van der Waals surface area contributed by atoms with Crippen LogP contribution in [0.5, 0.6) is 0 Å². The summed E-state index contributed by atoms with van der Waals surface area (Å²) in [5, 5.41) is 0.556. The van der Waals surface area contributed by atoms with Gasteiger partial charge < -0.3 is 15.6 Å². The van der Waals surface area contributed by atoms with Crippen LogP contribution in [0.2, 0.25) is 0 Å². The number of hydrogen-bond acceptors (Lipinski definition) is 1. The van der Waals surface area contributed by atoms with E-state index in [1.165, 1.54) is 0 Å². The Hall–Kier alpha value is -0.120. The Kier molecular flexibility index (Phi) is 2.40. The molecule has 3 nitrogen and oxygen atoms in total. The summed E-state index contributed by atoms with van der Waals surface area (Å²) in [5.41, 5.74) is -0.375. The Bertz CT molecular complexity index is 70.8. The molecule has 50 valence electrons. The summed E-state index contributed by atoms with van der Waals surface area (Å²) < 4.78 is 4.97. The number of nitrogens with one attached hydrogen (secondary N) is 2. The highest BCUT2D eigenvalue weighted by atomic mass is 16.5. The lowest BCUT2D eigenvalue weighted by Gasteiger charge is -2.32. The van der Waals surface area contributed by atoms with E-state index in [1.54, 1.807) is 14.2 Å². The van der Waals surface area contributed by atoms with Gasteiger partial charge in [0.15, 0.2) is 5.72 Å². The minimum Gasteiger partial charge on any atom is -0.467 e. The molecule has 1 atom stereocenters. The second-order valence-corrected chi connectivity index (χ2v) is 2.34. The fourth-order valence-corrected chi connectivity index (χ4v) is 0.153. The van der Waals surface area contributed by atoms with Crippen molar-refractivity contribution in [1.82, 2.24) is 0 Å². The molecule has 0 heterocycles. The Morgan fingerprint density at radius 1 is 1.50 bits per heavy atom. The monoisotopic (exact) mass is 118 g/mol. The molecule has 0 aliphatic rings. The molecular weight excluding hydrogens is 104 g/mol. The number of rotatable bonds is 2. The maximum Gasteiger partial charge on any atom is 0.186 e. The van der Waals surface area contributed by atoms with Crippen LogP contribution >= 0.6 is 0 Å². The molecule has 8 heavy (non-hydrogen) atoms. The van der Waals surface area contributed by atoms with Crippen LogP contribution in [0.1, 0.15) is 13.8 Å². The molecule has 0 aliphatic carbocycles. The number of quaternary nitrogens is 1. The fraction of sp³-hybridized carbons (Fsp3) is 1.00. The first-order valence-electron chi connectivity index (χ1n) is 2.61. The highest BCUT2D eigenvalue weighted by Crippen LogP contribution is 1.93. The van der Waals surface area contributed by atoms with Crippen molar-refractivity contribution >= 4 is 0 Å². The zero-order chi connectivity index (χ0) is 6.78. The molecule has 2 N–H and O–H groups in total. The van der Waals surface area contributed by atoms with E-state index in [0.717, 1.165) is 0 Å². The van der Waals surface area contributed by atoms with Gasteiger partial charge in [0.25, 0.3) is 0 Å². The number of methoxy groups -OCH3 is 1. The zero-order valence-corrected chi connectivity index (χ0v) is 5.91. The molecule has 0 radical (unpaired) electrons. The van der Waals surface area contributed by atoms with Gasteiger partial charge in [-0.2, -0.15) is 0 Å². The Morgan fingerprint density at radius 3 is 1.88 bits per heavy atom. The molecule has 0 aromatic carbocycles. The third kappa shape index (κ3) is 1.78. The minimum absolute atomic E-state index is 0.375. The van der Waals surface area contributed by atoms with Gasteiger partial charge in [-0.15, -0.1) is 0 Å². The summed E-state index contributed by atoms with van der Waals surface area (Å²) in [4.78, 5) is 0. The summed E-state index contributed by atoms with van der Waals surface area (Å²) in [6.07, 6.45) is 0. The van der Waals surface area contributed by atoms with Gasteiger partial charge in [0, 0.05) is 21.0 Å². The molecule has 0 amide bonds. The predicted octanol–water partition coefficient (Wildman–Crippen LogP) is -0.149. The minimum atomic E-state index is -0.375. The molecule has 0 aromatic heterocycles. The first-order chi connectivity index (χ1) is 3.50. The molecule has 0 spiro atoms. The van der Waals surface area contributed by atoms with E-state index in [9.17, 15) is 0 Å². The number of ether oxygens (including phenoxy) is 1. The van der Waals surface area contributed by atoms with Crippen LogP contribution in [0.15, 0.2) is 0 Å². The zero-order valence-electron chi connectivity index (χ0n) is 5.91. The highest BCUT2D eigenvalue weighted by molar-refractivity contribution is 4.46. The van der Waals surface area contributed by atoms with E-state index in [0.29, 0.717) is 5.01 Å². The predicted molar refractivity (Wildman–Crippen MR) is 32.3 cm³/mol. The van der Waals surface area contributed by atoms with Crippen molar-refractivity contribution in [3.8, 4) is 0 Å². The third-order valence-corrected chi connectivity index (χ3v) is 1.41. The summed E-state index contributed by atoms with van der Waals surface area (Å²) in [6.45, 7) is 3.74. The second-order valence-electron chi connectivity index (χ2n) is 2.34. The molecule has 0 rings (SSSR count). The van der Waals surface area contributed by atoms with Crippen molar-refractivity contribution in [3.63, 3.8) is 0 Å². The summed E-state index contributed by atoms with van der Waals surface area (Å²) in [5.74, 6) is 7.17. The van der Waals surface area contributed by atoms with Gasteiger partial charge in [0.05, 0.1) is 7.05 Å². The lowest BCUT2D eigenvalue weighted by atomic mass is 10.3. The molecule has 0 fully saturated rings. The van der Waals surface area contributed by atoms with Crippen LogP contribution < -0.4 is 5.01 Å². The van der Waals surface area contributed by atoms with E-state index in [1.807, 2.05) is 13.8 Å². The van der Waals surface area contributed by atoms with Gasteiger partial charge in [0.2, 0.25) is 0 Å². The normalized spacial score (nSPS) is 16.1. The SMILES string of the molecule is COC(C)(C)[NH+](C)[NH-]. The van der Waals surface area contributed by atoms with E-state index in [-0.39, 0.29) is 5.72 Å². The second kappa shape index (κ2) is 2.44. The van der Waals surface area contributed by atoms with E-state index in [4.69, 9.17) is 10.6 Å². The lowest BCUT2D eigenvalue weighted by Crippen LogP contribution is -3.11. The van der Waals surface area contributed by atoms with Crippen LogP contribution in [0.25, 0.3) is 5.84 Å². The van der Waals surface area contributed by atoms with Gasteiger partial charge in [0.1, 0.15) is 0 Å². The first-order valence-corrected chi connectivity index (χ1v) is 2.61.